The zero-order valence-corrected chi connectivity index (χ0v) is 15.5. The van der Waals surface area contributed by atoms with E-state index in [9.17, 15) is 9.59 Å². The fourth-order valence-electron chi connectivity index (χ4n) is 2.65. The number of hydrogen-bond acceptors (Lipinski definition) is 4. The maximum absolute atomic E-state index is 12.4. The van der Waals surface area contributed by atoms with E-state index >= 15 is 0 Å². The average molecular weight is 375 g/mol. The van der Waals surface area contributed by atoms with Crippen LogP contribution in [0.2, 0.25) is 0 Å². The molecule has 1 N–H and O–H groups in total. The molecular formula is C22H21N3O3. The van der Waals surface area contributed by atoms with Crippen molar-refractivity contribution in [2.45, 2.75) is 13.5 Å². The Bertz CT molecular complexity index is 930. The van der Waals surface area contributed by atoms with Crippen LogP contribution in [0.25, 0.3) is 0 Å². The number of amides is 2. The molecule has 0 fully saturated rings. The molecular weight excluding hydrogens is 354 g/mol. The molecule has 1 heterocycles. The Balaban J connectivity index is 1.73. The molecule has 6 nitrogen and oxygen atoms in total. The summed E-state index contributed by atoms with van der Waals surface area (Å²) in [6, 6.07) is 20.1. The van der Waals surface area contributed by atoms with Gasteiger partial charge in [0, 0.05) is 25.9 Å². The summed E-state index contributed by atoms with van der Waals surface area (Å²) in [5, 5.41) is 2.82. The molecule has 0 atom stereocenters. The van der Waals surface area contributed by atoms with Crippen molar-refractivity contribution in [3.05, 3.63) is 84.7 Å². The van der Waals surface area contributed by atoms with Gasteiger partial charge in [-0.15, -0.1) is 0 Å². The van der Waals surface area contributed by atoms with Crippen LogP contribution in [0.5, 0.6) is 11.5 Å². The molecule has 0 aliphatic rings. The molecule has 0 saturated carbocycles. The van der Waals surface area contributed by atoms with Gasteiger partial charge < -0.3 is 10.1 Å². The molecule has 3 rings (SSSR count). The van der Waals surface area contributed by atoms with Gasteiger partial charge in [0.25, 0.3) is 0 Å². The van der Waals surface area contributed by atoms with Crippen LogP contribution in [0, 0.1) is 0 Å². The summed E-state index contributed by atoms with van der Waals surface area (Å²) >= 11 is 0. The highest BCUT2D eigenvalue weighted by Gasteiger charge is 2.19. The Kier molecular flexibility index (Phi) is 6.36. The molecule has 0 aliphatic carbocycles. The third-order valence-corrected chi connectivity index (χ3v) is 4.05. The lowest BCUT2D eigenvalue weighted by molar-refractivity contribution is -0.123. The van der Waals surface area contributed by atoms with Crippen molar-refractivity contribution in [2.24, 2.45) is 0 Å². The zero-order valence-electron chi connectivity index (χ0n) is 15.5. The molecule has 142 valence electrons. The van der Waals surface area contributed by atoms with Crippen molar-refractivity contribution in [3.8, 4) is 11.5 Å². The summed E-state index contributed by atoms with van der Waals surface area (Å²) in [6.45, 7) is 1.69. The van der Waals surface area contributed by atoms with Crippen LogP contribution in [0.15, 0.2) is 79.1 Å². The number of nitrogens with zero attached hydrogens (tertiary/aromatic N) is 2. The Labute approximate surface area is 163 Å². The normalized spacial score (nSPS) is 10.2. The number of aromatic nitrogens is 1. The summed E-state index contributed by atoms with van der Waals surface area (Å²) in [6.07, 6.45) is 3.33. The SMILES string of the molecule is CC(=O)N(CC(=O)NCc1ccncc1)c1ccccc1Oc1ccccc1. The fourth-order valence-corrected chi connectivity index (χ4v) is 2.65. The van der Waals surface area contributed by atoms with E-state index in [4.69, 9.17) is 4.74 Å². The summed E-state index contributed by atoms with van der Waals surface area (Å²) in [7, 11) is 0. The number of nitrogens with one attached hydrogen (secondary N) is 1. The van der Waals surface area contributed by atoms with Gasteiger partial charge >= 0.3 is 0 Å². The molecule has 0 radical (unpaired) electrons. The molecule has 3 aromatic rings. The maximum Gasteiger partial charge on any atom is 0.240 e. The lowest BCUT2D eigenvalue weighted by atomic mass is 10.2. The van der Waals surface area contributed by atoms with Gasteiger partial charge in [-0.05, 0) is 42.0 Å². The molecule has 0 unspecified atom stereocenters. The quantitative estimate of drug-likeness (QED) is 0.686. The number of anilines is 1. The number of para-hydroxylation sites is 3. The van der Waals surface area contributed by atoms with Crippen molar-refractivity contribution in [2.75, 3.05) is 11.4 Å². The lowest BCUT2D eigenvalue weighted by Gasteiger charge is -2.23. The first-order valence-electron chi connectivity index (χ1n) is 8.89. The van der Waals surface area contributed by atoms with Gasteiger partial charge in [0.05, 0.1) is 5.69 Å². The minimum Gasteiger partial charge on any atom is -0.455 e. The summed E-state index contributed by atoms with van der Waals surface area (Å²) in [5.74, 6) is 0.649. The van der Waals surface area contributed by atoms with Gasteiger partial charge in [-0.1, -0.05) is 30.3 Å². The van der Waals surface area contributed by atoms with Crippen LogP contribution in [-0.2, 0) is 16.1 Å². The number of ether oxygens (including phenoxy) is 1. The van der Waals surface area contributed by atoms with Gasteiger partial charge in [0.15, 0.2) is 5.75 Å². The van der Waals surface area contributed by atoms with E-state index in [1.807, 2.05) is 48.5 Å². The van der Waals surface area contributed by atoms with Gasteiger partial charge in [-0.3, -0.25) is 19.5 Å². The van der Waals surface area contributed by atoms with E-state index < -0.39 is 0 Å². The lowest BCUT2D eigenvalue weighted by Crippen LogP contribution is -2.39. The minimum absolute atomic E-state index is 0.102. The Morgan fingerprint density at radius 3 is 2.36 bits per heavy atom. The number of benzene rings is 2. The number of rotatable bonds is 7. The third kappa shape index (κ3) is 5.17. The van der Waals surface area contributed by atoms with Crippen molar-refractivity contribution in [1.82, 2.24) is 10.3 Å². The molecule has 28 heavy (non-hydrogen) atoms. The highest BCUT2D eigenvalue weighted by atomic mass is 16.5. The predicted molar refractivity (Wildman–Crippen MR) is 107 cm³/mol. The first-order valence-corrected chi connectivity index (χ1v) is 8.89. The van der Waals surface area contributed by atoms with Crippen LogP contribution >= 0.6 is 0 Å². The number of carbonyl (C=O) groups excluding carboxylic acids is 2. The average Bonchev–Trinajstić information content (AvgIpc) is 2.72. The number of carbonyl (C=O) groups is 2. The van der Waals surface area contributed by atoms with Crippen LogP contribution in [0.1, 0.15) is 12.5 Å². The van der Waals surface area contributed by atoms with E-state index in [0.29, 0.717) is 23.7 Å². The van der Waals surface area contributed by atoms with E-state index in [0.717, 1.165) is 5.56 Å². The van der Waals surface area contributed by atoms with E-state index in [2.05, 4.69) is 10.3 Å². The maximum atomic E-state index is 12.4. The standard InChI is InChI=1S/C22H21N3O3/c1-17(26)25(16-22(27)24-15-18-11-13-23-14-12-18)20-9-5-6-10-21(20)28-19-7-3-2-4-8-19/h2-14H,15-16H2,1H3,(H,24,27). The molecule has 0 saturated heterocycles. The largest absolute Gasteiger partial charge is 0.455 e. The van der Waals surface area contributed by atoms with Crippen molar-refractivity contribution >= 4 is 17.5 Å². The smallest absolute Gasteiger partial charge is 0.240 e. The van der Waals surface area contributed by atoms with Crippen LogP contribution in [0.4, 0.5) is 5.69 Å². The van der Waals surface area contributed by atoms with Crippen LogP contribution in [-0.4, -0.2) is 23.3 Å². The molecule has 0 bridgehead atoms. The third-order valence-electron chi connectivity index (χ3n) is 4.05. The predicted octanol–water partition coefficient (Wildman–Crippen LogP) is 3.54. The number of pyridine rings is 1. The van der Waals surface area contributed by atoms with Crippen molar-refractivity contribution in [3.63, 3.8) is 0 Å². The monoisotopic (exact) mass is 375 g/mol. The molecule has 1 aromatic heterocycles. The Hall–Kier alpha value is -3.67. The molecule has 6 heteroatoms. The van der Waals surface area contributed by atoms with Gasteiger partial charge in [-0.25, -0.2) is 0 Å². The van der Waals surface area contributed by atoms with Crippen molar-refractivity contribution in [1.29, 1.82) is 0 Å². The van der Waals surface area contributed by atoms with E-state index in [1.165, 1.54) is 11.8 Å². The minimum atomic E-state index is -0.262. The Morgan fingerprint density at radius 2 is 1.64 bits per heavy atom. The molecule has 0 aliphatic heterocycles. The Morgan fingerprint density at radius 1 is 0.964 bits per heavy atom. The zero-order chi connectivity index (χ0) is 19.8. The molecule has 0 spiro atoms. The second-order valence-corrected chi connectivity index (χ2v) is 6.12. The van der Waals surface area contributed by atoms with Crippen LogP contribution < -0.4 is 15.0 Å². The first-order chi connectivity index (χ1) is 13.6. The topological polar surface area (TPSA) is 71.5 Å². The number of hydrogen-bond donors (Lipinski definition) is 1. The van der Waals surface area contributed by atoms with Crippen LogP contribution in [0.3, 0.4) is 0 Å². The second kappa shape index (κ2) is 9.32. The fraction of sp³-hybridized carbons (Fsp3) is 0.136. The van der Waals surface area contributed by atoms with Gasteiger partial charge in [-0.2, -0.15) is 0 Å². The van der Waals surface area contributed by atoms with Gasteiger partial charge in [0.2, 0.25) is 11.8 Å². The van der Waals surface area contributed by atoms with Gasteiger partial charge in [0.1, 0.15) is 12.3 Å². The van der Waals surface area contributed by atoms with Crippen molar-refractivity contribution < 1.29 is 14.3 Å². The second-order valence-electron chi connectivity index (χ2n) is 6.12. The van der Waals surface area contributed by atoms with E-state index in [-0.39, 0.29) is 18.4 Å². The van der Waals surface area contributed by atoms with E-state index in [1.54, 1.807) is 30.6 Å². The highest BCUT2D eigenvalue weighted by Crippen LogP contribution is 2.32. The summed E-state index contributed by atoms with van der Waals surface area (Å²) < 4.78 is 5.92. The highest BCUT2D eigenvalue weighted by molar-refractivity contribution is 5.98. The summed E-state index contributed by atoms with van der Waals surface area (Å²) in [5.41, 5.74) is 1.48. The molecule has 2 aromatic carbocycles. The molecule has 2 amide bonds. The first kappa shape index (κ1) is 19.1. The summed E-state index contributed by atoms with van der Waals surface area (Å²) in [4.78, 5) is 30.0.